The molecule has 2 aliphatic rings. The third kappa shape index (κ3) is 5.03. The van der Waals surface area contributed by atoms with E-state index in [1.807, 2.05) is 11.9 Å². The number of likely N-dealkylation sites (tertiary alicyclic amines) is 1. The van der Waals surface area contributed by atoms with Crippen LogP contribution in [0.15, 0.2) is 30.6 Å². The van der Waals surface area contributed by atoms with Gasteiger partial charge in [-0.25, -0.2) is 13.8 Å². The van der Waals surface area contributed by atoms with Crippen molar-refractivity contribution in [3.8, 4) is 0 Å². The fourth-order valence-electron chi connectivity index (χ4n) is 5.66. The fourth-order valence-corrected chi connectivity index (χ4v) is 5.66. The molecule has 0 radical (unpaired) electrons. The van der Waals surface area contributed by atoms with Gasteiger partial charge >= 0.3 is 6.18 Å². The second-order valence-corrected chi connectivity index (χ2v) is 10.1. The Labute approximate surface area is 211 Å². The van der Waals surface area contributed by atoms with Gasteiger partial charge in [-0.3, -0.25) is 14.2 Å². The van der Waals surface area contributed by atoms with Gasteiger partial charge in [0.15, 0.2) is 0 Å². The topological polar surface area (TPSA) is 36.3 Å². The number of nitrogens with zero attached hydrogens (tertiary/aromatic N) is 4. The fraction of sp³-hybridized carbons (Fsp3) is 0.500. The molecule has 0 spiro atoms. The number of anilines is 1. The van der Waals surface area contributed by atoms with Crippen LogP contribution in [-0.4, -0.2) is 70.5 Å². The number of hydrogen-bond acceptors (Lipinski definition) is 4. The van der Waals surface area contributed by atoms with Crippen LogP contribution in [0.4, 0.5) is 32.0 Å². The molecule has 1 aromatic heterocycles. The number of nitrogens with one attached hydrogen (secondary N) is 1. The van der Waals surface area contributed by atoms with Gasteiger partial charge in [-0.05, 0) is 49.1 Å². The first-order chi connectivity index (χ1) is 17.6. The maximum absolute atomic E-state index is 15.6. The van der Waals surface area contributed by atoms with E-state index >= 15 is 8.78 Å². The highest BCUT2D eigenvalue weighted by molar-refractivity contribution is 5.81. The van der Waals surface area contributed by atoms with Crippen LogP contribution < -0.4 is 5.32 Å². The highest BCUT2D eigenvalue weighted by Gasteiger charge is 2.43. The molecule has 200 valence electrons. The average Bonchev–Trinajstić information content (AvgIpc) is 3.17. The van der Waals surface area contributed by atoms with Crippen molar-refractivity contribution >= 4 is 16.7 Å². The molecule has 0 aliphatic carbocycles. The van der Waals surface area contributed by atoms with Crippen LogP contribution in [0.1, 0.15) is 36.1 Å². The molecule has 2 aliphatic heterocycles. The molecule has 2 aromatic carbocycles. The first-order valence-corrected chi connectivity index (χ1v) is 12.3. The van der Waals surface area contributed by atoms with Crippen LogP contribution in [0.3, 0.4) is 0 Å². The quantitative estimate of drug-likeness (QED) is 0.430. The van der Waals surface area contributed by atoms with Crippen LogP contribution >= 0.6 is 0 Å². The molecule has 37 heavy (non-hydrogen) atoms. The summed E-state index contributed by atoms with van der Waals surface area (Å²) in [5.41, 5.74) is 2.38. The Morgan fingerprint density at radius 1 is 1.11 bits per heavy atom. The summed E-state index contributed by atoms with van der Waals surface area (Å²) in [6, 6.07) is 3.74. The second-order valence-electron chi connectivity index (χ2n) is 10.1. The van der Waals surface area contributed by atoms with Crippen molar-refractivity contribution < 1.29 is 26.3 Å². The van der Waals surface area contributed by atoms with Crippen molar-refractivity contribution in [2.24, 2.45) is 7.05 Å². The average molecular weight is 526 g/mol. The number of aromatic nitrogens is 2. The summed E-state index contributed by atoms with van der Waals surface area (Å²) in [7, 11) is 1.81. The van der Waals surface area contributed by atoms with Crippen molar-refractivity contribution in [3.63, 3.8) is 0 Å². The SMILES string of the molecule is C[C@@H]1Cc2c(ccc3c2ncn3C)[C@@H](c2c(F)cc(NC3CN(CCCF)C3)cc2F)N1CC(F)(F)F. The Morgan fingerprint density at radius 2 is 1.81 bits per heavy atom. The molecule has 1 N–H and O–H groups in total. The lowest BCUT2D eigenvalue weighted by Crippen LogP contribution is -2.54. The van der Waals surface area contributed by atoms with Gasteiger partial charge in [-0.15, -0.1) is 0 Å². The lowest BCUT2D eigenvalue weighted by molar-refractivity contribution is -0.155. The van der Waals surface area contributed by atoms with Crippen LogP contribution in [-0.2, 0) is 13.5 Å². The van der Waals surface area contributed by atoms with Crippen molar-refractivity contribution in [1.82, 2.24) is 19.4 Å². The molecule has 3 heterocycles. The van der Waals surface area contributed by atoms with E-state index in [0.29, 0.717) is 42.7 Å². The molecule has 1 fully saturated rings. The number of fused-ring (bicyclic) bond motifs is 3. The number of rotatable bonds is 7. The molecule has 1 saturated heterocycles. The van der Waals surface area contributed by atoms with Crippen LogP contribution in [0.25, 0.3) is 11.0 Å². The second kappa shape index (κ2) is 9.83. The lowest BCUT2D eigenvalue weighted by atomic mass is 9.83. The third-order valence-corrected chi connectivity index (χ3v) is 7.38. The van der Waals surface area contributed by atoms with E-state index in [0.717, 1.165) is 22.5 Å². The van der Waals surface area contributed by atoms with Gasteiger partial charge in [-0.2, -0.15) is 13.2 Å². The highest BCUT2D eigenvalue weighted by Crippen LogP contribution is 2.43. The minimum atomic E-state index is -4.55. The summed E-state index contributed by atoms with van der Waals surface area (Å²) < 4.78 is 86.2. The number of alkyl halides is 4. The molecule has 11 heteroatoms. The Morgan fingerprint density at radius 3 is 2.46 bits per heavy atom. The number of imidazole rings is 1. The summed E-state index contributed by atoms with van der Waals surface area (Å²) in [4.78, 5) is 7.58. The standard InChI is InChI=1S/C26H29F6N5/c1-15-8-19-18(4-5-22-24(19)33-14-35(22)2)25(37(15)13-26(30,31)32)23-20(28)9-16(10-21(23)29)34-17-11-36(12-17)7-3-6-27/h4-5,9-10,14-15,17,25,34H,3,6-8,11-13H2,1-2H3/t15-,25+/m1/s1. The summed E-state index contributed by atoms with van der Waals surface area (Å²) in [5, 5.41) is 3.08. The van der Waals surface area contributed by atoms with Gasteiger partial charge in [0.2, 0.25) is 0 Å². The molecule has 5 nitrogen and oxygen atoms in total. The van der Waals surface area contributed by atoms with E-state index < -0.39 is 48.7 Å². The molecule has 0 saturated carbocycles. The number of aryl methyl sites for hydroxylation is 1. The first kappa shape index (κ1) is 25.8. The minimum absolute atomic E-state index is 0.0427. The molecular weight excluding hydrogens is 496 g/mol. The summed E-state index contributed by atoms with van der Waals surface area (Å²) >= 11 is 0. The maximum Gasteiger partial charge on any atom is 0.401 e. The van der Waals surface area contributed by atoms with Gasteiger partial charge in [0.25, 0.3) is 0 Å². The largest absolute Gasteiger partial charge is 0.401 e. The van der Waals surface area contributed by atoms with Crippen molar-refractivity contribution in [3.05, 3.63) is 58.9 Å². The van der Waals surface area contributed by atoms with E-state index in [2.05, 4.69) is 10.3 Å². The maximum atomic E-state index is 15.6. The van der Waals surface area contributed by atoms with E-state index in [-0.39, 0.29) is 18.2 Å². The zero-order chi connectivity index (χ0) is 26.5. The van der Waals surface area contributed by atoms with E-state index in [9.17, 15) is 17.6 Å². The molecule has 0 amide bonds. The molecular formula is C26H29F6N5. The zero-order valence-corrected chi connectivity index (χ0v) is 20.6. The summed E-state index contributed by atoms with van der Waals surface area (Å²) in [5.74, 6) is -1.82. The van der Waals surface area contributed by atoms with Gasteiger partial charge in [0.1, 0.15) is 11.6 Å². The van der Waals surface area contributed by atoms with E-state index in [4.69, 9.17) is 0 Å². The predicted octanol–water partition coefficient (Wildman–Crippen LogP) is 5.21. The first-order valence-electron chi connectivity index (χ1n) is 12.3. The molecule has 0 unspecified atom stereocenters. The summed E-state index contributed by atoms with van der Waals surface area (Å²) in [6.07, 6.45) is -2.22. The Hall–Kier alpha value is -2.79. The smallest absolute Gasteiger partial charge is 0.380 e. The number of benzene rings is 2. The van der Waals surface area contributed by atoms with E-state index in [1.165, 1.54) is 0 Å². The Kier molecular flexibility index (Phi) is 6.86. The molecule has 2 atom stereocenters. The van der Waals surface area contributed by atoms with Gasteiger partial charge < -0.3 is 9.88 Å². The van der Waals surface area contributed by atoms with Crippen molar-refractivity contribution in [2.45, 2.75) is 44.1 Å². The van der Waals surface area contributed by atoms with Gasteiger partial charge in [0, 0.05) is 44.0 Å². The Balaban J connectivity index is 1.51. The minimum Gasteiger partial charge on any atom is -0.380 e. The van der Waals surface area contributed by atoms with Gasteiger partial charge in [0.05, 0.1) is 42.7 Å². The van der Waals surface area contributed by atoms with Crippen LogP contribution in [0.5, 0.6) is 0 Å². The lowest BCUT2D eigenvalue weighted by Gasteiger charge is -2.43. The number of halogens is 6. The van der Waals surface area contributed by atoms with Crippen LogP contribution in [0.2, 0.25) is 0 Å². The van der Waals surface area contributed by atoms with Gasteiger partial charge in [-0.1, -0.05) is 6.07 Å². The third-order valence-electron chi connectivity index (χ3n) is 7.38. The normalized spacial score (nSPS) is 21.3. The molecule has 3 aromatic rings. The monoisotopic (exact) mass is 525 g/mol. The molecule has 5 rings (SSSR count). The zero-order valence-electron chi connectivity index (χ0n) is 20.6. The molecule has 0 bridgehead atoms. The number of hydrogen-bond donors (Lipinski definition) is 1. The highest BCUT2D eigenvalue weighted by atomic mass is 19.4. The van der Waals surface area contributed by atoms with Crippen molar-refractivity contribution in [1.29, 1.82) is 0 Å². The van der Waals surface area contributed by atoms with Crippen LogP contribution in [0, 0.1) is 11.6 Å². The van der Waals surface area contributed by atoms with Crippen molar-refractivity contribution in [2.75, 3.05) is 38.2 Å². The predicted molar refractivity (Wildman–Crippen MR) is 129 cm³/mol. The van der Waals surface area contributed by atoms with E-state index in [1.54, 1.807) is 30.0 Å². The summed E-state index contributed by atoms with van der Waals surface area (Å²) in [6.45, 7) is 1.81. The Bertz CT molecular complexity index is 1260.